The predicted molar refractivity (Wildman–Crippen MR) is 124 cm³/mol. The topological polar surface area (TPSA) is 75.6 Å². The molecular formula is C25H27F3N6. The average molecular weight is 469 g/mol. The van der Waals surface area contributed by atoms with Crippen molar-refractivity contribution in [2.75, 3.05) is 25.0 Å². The molecule has 3 aromatic rings. The first kappa shape index (κ1) is 22.7. The van der Waals surface area contributed by atoms with E-state index in [2.05, 4.69) is 25.8 Å². The third kappa shape index (κ3) is 4.89. The molecule has 178 valence electrons. The van der Waals surface area contributed by atoms with E-state index in [9.17, 15) is 13.2 Å². The standard InChI is InChI=1S/C25H27F3N6/c1-15-21(20-9-12-30-24(32-20)31-14-16-5-6-16)23(18-3-2-4-19(13-18)25(26,27)28)34-33-22(15)17-7-10-29-11-8-17/h2-4,9,12-13,16-17,29H,5-8,10-11,14H2,1H3,(H,30,31,32). The molecule has 3 heterocycles. The summed E-state index contributed by atoms with van der Waals surface area (Å²) in [6.07, 6.45) is 1.53. The number of hydrogen-bond donors (Lipinski definition) is 2. The minimum absolute atomic E-state index is 0.248. The van der Waals surface area contributed by atoms with Crippen LogP contribution in [0, 0.1) is 12.8 Å². The summed E-state index contributed by atoms with van der Waals surface area (Å²) in [5, 5.41) is 15.7. The fourth-order valence-corrected chi connectivity index (χ4v) is 4.52. The monoisotopic (exact) mass is 468 g/mol. The zero-order valence-electron chi connectivity index (χ0n) is 19.0. The lowest BCUT2D eigenvalue weighted by Gasteiger charge is -2.24. The lowest BCUT2D eigenvalue weighted by Crippen LogP contribution is -2.27. The van der Waals surface area contributed by atoms with Crippen LogP contribution in [-0.2, 0) is 6.18 Å². The first-order valence-electron chi connectivity index (χ1n) is 11.7. The van der Waals surface area contributed by atoms with E-state index in [1.54, 1.807) is 18.3 Å². The van der Waals surface area contributed by atoms with Gasteiger partial charge in [0.15, 0.2) is 0 Å². The molecule has 0 radical (unpaired) electrons. The number of halogens is 3. The molecule has 0 atom stereocenters. The number of benzene rings is 1. The van der Waals surface area contributed by atoms with Crippen LogP contribution in [0.1, 0.15) is 48.4 Å². The molecule has 1 saturated heterocycles. The average Bonchev–Trinajstić information content (AvgIpc) is 3.67. The van der Waals surface area contributed by atoms with Gasteiger partial charge in [-0.1, -0.05) is 12.1 Å². The second-order valence-electron chi connectivity index (χ2n) is 9.13. The van der Waals surface area contributed by atoms with E-state index in [-0.39, 0.29) is 5.92 Å². The highest BCUT2D eigenvalue weighted by atomic mass is 19.4. The summed E-state index contributed by atoms with van der Waals surface area (Å²) in [4.78, 5) is 9.06. The van der Waals surface area contributed by atoms with Gasteiger partial charge in [-0.15, -0.1) is 5.10 Å². The van der Waals surface area contributed by atoms with Crippen molar-refractivity contribution >= 4 is 5.95 Å². The molecule has 1 saturated carbocycles. The van der Waals surface area contributed by atoms with Crippen LogP contribution >= 0.6 is 0 Å². The molecule has 0 amide bonds. The summed E-state index contributed by atoms with van der Waals surface area (Å²) in [7, 11) is 0. The van der Waals surface area contributed by atoms with Crippen molar-refractivity contribution in [1.29, 1.82) is 0 Å². The van der Waals surface area contributed by atoms with Crippen LogP contribution in [0.25, 0.3) is 22.5 Å². The van der Waals surface area contributed by atoms with Gasteiger partial charge < -0.3 is 10.6 Å². The van der Waals surface area contributed by atoms with Gasteiger partial charge in [-0.2, -0.15) is 18.3 Å². The van der Waals surface area contributed by atoms with E-state index in [0.717, 1.165) is 55.9 Å². The Morgan fingerprint density at radius 3 is 2.59 bits per heavy atom. The molecule has 2 aromatic heterocycles. The Morgan fingerprint density at radius 2 is 1.85 bits per heavy atom. The fourth-order valence-electron chi connectivity index (χ4n) is 4.52. The SMILES string of the molecule is Cc1c(C2CCNCC2)nnc(-c2cccc(C(F)(F)F)c2)c1-c1ccnc(NCC2CC2)n1. The molecule has 2 N–H and O–H groups in total. The number of hydrogen-bond acceptors (Lipinski definition) is 6. The predicted octanol–water partition coefficient (Wildman–Crippen LogP) is 5.22. The van der Waals surface area contributed by atoms with Gasteiger partial charge >= 0.3 is 6.18 Å². The molecule has 6 nitrogen and oxygen atoms in total. The van der Waals surface area contributed by atoms with Gasteiger partial charge in [-0.3, -0.25) is 0 Å². The van der Waals surface area contributed by atoms with Crippen LogP contribution in [-0.4, -0.2) is 39.8 Å². The first-order valence-corrected chi connectivity index (χ1v) is 11.7. The highest BCUT2D eigenvalue weighted by Crippen LogP contribution is 2.39. The Labute approximate surface area is 196 Å². The van der Waals surface area contributed by atoms with Crippen molar-refractivity contribution < 1.29 is 13.2 Å². The Balaban J connectivity index is 1.62. The first-order chi connectivity index (χ1) is 16.4. The van der Waals surface area contributed by atoms with Crippen LogP contribution in [0.15, 0.2) is 36.5 Å². The number of piperidine rings is 1. The number of alkyl halides is 3. The van der Waals surface area contributed by atoms with Gasteiger partial charge in [0.1, 0.15) is 5.69 Å². The highest BCUT2D eigenvalue weighted by Gasteiger charge is 2.31. The number of nitrogens with one attached hydrogen (secondary N) is 2. The van der Waals surface area contributed by atoms with E-state index in [1.807, 2.05) is 6.92 Å². The maximum atomic E-state index is 13.4. The van der Waals surface area contributed by atoms with E-state index < -0.39 is 11.7 Å². The number of anilines is 1. The van der Waals surface area contributed by atoms with Gasteiger partial charge in [-0.25, -0.2) is 9.97 Å². The smallest absolute Gasteiger partial charge is 0.354 e. The Hall–Kier alpha value is -3.07. The van der Waals surface area contributed by atoms with Crippen molar-refractivity contribution in [3.8, 4) is 22.5 Å². The van der Waals surface area contributed by atoms with Crippen LogP contribution < -0.4 is 10.6 Å². The Bertz CT molecular complexity index is 1170. The summed E-state index contributed by atoms with van der Waals surface area (Å²) in [5.41, 5.74) is 3.17. The molecular weight excluding hydrogens is 441 g/mol. The quantitative estimate of drug-likeness (QED) is 0.517. The Morgan fingerprint density at radius 1 is 1.06 bits per heavy atom. The summed E-state index contributed by atoms with van der Waals surface area (Å²) in [5.74, 6) is 1.42. The Kier molecular flexibility index (Phi) is 6.20. The molecule has 9 heteroatoms. The molecule has 2 aliphatic rings. The van der Waals surface area contributed by atoms with E-state index in [1.165, 1.54) is 18.9 Å². The van der Waals surface area contributed by atoms with Crippen molar-refractivity contribution in [3.63, 3.8) is 0 Å². The van der Waals surface area contributed by atoms with Crippen LogP contribution in [0.4, 0.5) is 19.1 Å². The lowest BCUT2D eigenvalue weighted by atomic mass is 9.88. The third-order valence-corrected chi connectivity index (χ3v) is 6.60. The third-order valence-electron chi connectivity index (χ3n) is 6.60. The van der Waals surface area contributed by atoms with Gasteiger partial charge in [0.25, 0.3) is 0 Å². The lowest BCUT2D eigenvalue weighted by molar-refractivity contribution is -0.137. The maximum Gasteiger partial charge on any atom is 0.416 e. The molecule has 1 aliphatic carbocycles. The molecule has 34 heavy (non-hydrogen) atoms. The van der Waals surface area contributed by atoms with Crippen molar-refractivity contribution in [2.45, 2.75) is 44.7 Å². The number of rotatable bonds is 6. The maximum absolute atomic E-state index is 13.4. The summed E-state index contributed by atoms with van der Waals surface area (Å²) in [6.45, 7) is 4.59. The second-order valence-corrected chi connectivity index (χ2v) is 9.13. The normalized spacial score (nSPS) is 17.1. The molecule has 0 unspecified atom stereocenters. The molecule has 5 rings (SSSR count). The van der Waals surface area contributed by atoms with Crippen molar-refractivity contribution in [2.24, 2.45) is 5.92 Å². The van der Waals surface area contributed by atoms with Gasteiger partial charge in [0, 0.05) is 29.8 Å². The molecule has 2 fully saturated rings. The van der Waals surface area contributed by atoms with E-state index in [4.69, 9.17) is 4.98 Å². The number of nitrogens with zero attached hydrogens (tertiary/aromatic N) is 4. The van der Waals surface area contributed by atoms with Crippen molar-refractivity contribution in [3.05, 3.63) is 53.3 Å². The van der Waals surface area contributed by atoms with Gasteiger partial charge in [-0.05, 0) is 75.4 Å². The molecule has 0 spiro atoms. The van der Waals surface area contributed by atoms with E-state index in [0.29, 0.717) is 34.4 Å². The van der Waals surface area contributed by atoms with Crippen LogP contribution in [0.3, 0.4) is 0 Å². The fraction of sp³-hybridized carbons (Fsp3) is 0.440. The highest BCUT2D eigenvalue weighted by molar-refractivity contribution is 5.82. The largest absolute Gasteiger partial charge is 0.416 e. The minimum Gasteiger partial charge on any atom is -0.354 e. The zero-order chi connectivity index (χ0) is 23.7. The molecule has 1 aliphatic heterocycles. The number of aromatic nitrogens is 4. The van der Waals surface area contributed by atoms with Crippen LogP contribution in [0.2, 0.25) is 0 Å². The zero-order valence-corrected chi connectivity index (χ0v) is 19.0. The van der Waals surface area contributed by atoms with Gasteiger partial charge in [0.05, 0.1) is 17.0 Å². The molecule has 0 bridgehead atoms. The summed E-state index contributed by atoms with van der Waals surface area (Å²) >= 11 is 0. The second kappa shape index (κ2) is 9.29. The minimum atomic E-state index is -4.44. The van der Waals surface area contributed by atoms with Crippen molar-refractivity contribution in [1.82, 2.24) is 25.5 Å². The van der Waals surface area contributed by atoms with Crippen LogP contribution in [0.5, 0.6) is 0 Å². The van der Waals surface area contributed by atoms with Gasteiger partial charge in [0.2, 0.25) is 5.95 Å². The summed E-state index contributed by atoms with van der Waals surface area (Å²) < 4.78 is 40.3. The van der Waals surface area contributed by atoms with E-state index >= 15 is 0 Å². The molecule has 1 aromatic carbocycles. The summed E-state index contributed by atoms with van der Waals surface area (Å²) in [6, 6.07) is 7.03.